The van der Waals surface area contributed by atoms with E-state index < -0.39 is 0 Å². The van der Waals surface area contributed by atoms with Crippen LogP contribution in [0.3, 0.4) is 0 Å². The molecule has 11 aromatic carbocycles. The van der Waals surface area contributed by atoms with Crippen molar-refractivity contribution in [3.05, 3.63) is 236 Å². The van der Waals surface area contributed by atoms with Crippen molar-refractivity contribution in [1.29, 1.82) is 0 Å². The van der Waals surface area contributed by atoms with Crippen molar-refractivity contribution in [2.45, 2.75) is 6.23 Å². The van der Waals surface area contributed by atoms with Crippen LogP contribution >= 0.6 is 0 Å². The van der Waals surface area contributed by atoms with Crippen molar-refractivity contribution in [1.82, 2.24) is 0 Å². The number of hydrogen-bond donors (Lipinski definition) is 1. The van der Waals surface area contributed by atoms with Crippen molar-refractivity contribution < 1.29 is 4.74 Å². The molecule has 1 atom stereocenters. The summed E-state index contributed by atoms with van der Waals surface area (Å²) < 4.78 is 6.79. The largest absolute Gasteiger partial charge is 0.464 e. The maximum absolute atomic E-state index is 6.79. The number of rotatable bonds is 7. The second-order valence-corrected chi connectivity index (χ2v) is 16.1. The van der Waals surface area contributed by atoms with Gasteiger partial charge in [0.1, 0.15) is 0 Å². The van der Waals surface area contributed by atoms with E-state index in [-0.39, 0.29) is 6.23 Å². The molecule has 3 nitrogen and oxygen atoms in total. The maximum atomic E-state index is 6.79. The average molecular weight is 793 g/mol. The van der Waals surface area contributed by atoms with Gasteiger partial charge in [-0.15, -0.1) is 0 Å². The van der Waals surface area contributed by atoms with Crippen molar-refractivity contribution >= 4 is 65.8 Å². The molecule has 292 valence electrons. The number of nitrogens with one attached hydrogen (secondary N) is 1. The first-order valence-electron chi connectivity index (χ1n) is 21.3. The predicted molar refractivity (Wildman–Crippen MR) is 261 cm³/mol. The van der Waals surface area contributed by atoms with Crippen LogP contribution in [0.2, 0.25) is 0 Å². The van der Waals surface area contributed by atoms with Gasteiger partial charge in [-0.2, -0.15) is 0 Å². The third-order valence-electron chi connectivity index (χ3n) is 12.4. The number of nitrogens with zero attached hydrogens (tertiary/aromatic N) is 1. The van der Waals surface area contributed by atoms with Gasteiger partial charge in [-0.3, -0.25) is 0 Å². The van der Waals surface area contributed by atoms with Gasteiger partial charge in [0.25, 0.3) is 0 Å². The van der Waals surface area contributed by atoms with Crippen molar-refractivity contribution in [2.75, 3.05) is 10.2 Å². The first kappa shape index (κ1) is 35.8. The van der Waals surface area contributed by atoms with Gasteiger partial charge in [0.05, 0.1) is 5.69 Å². The van der Waals surface area contributed by atoms with Crippen LogP contribution in [-0.2, 0) is 0 Å². The lowest BCUT2D eigenvalue weighted by Crippen LogP contribution is -2.10. The van der Waals surface area contributed by atoms with Crippen LogP contribution in [0.15, 0.2) is 231 Å². The van der Waals surface area contributed by atoms with Crippen LogP contribution in [0.25, 0.3) is 76.5 Å². The quantitative estimate of drug-likeness (QED) is 0.163. The monoisotopic (exact) mass is 792 g/mol. The number of hydrogen-bond acceptors (Lipinski definition) is 3. The Balaban J connectivity index is 0.985. The molecular formula is C59H40N2O. The van der Waals surface area contributed by atoms with Gasteiger partial charge in [0, 0.05) is 33.6 Å². The van der Waals surface area contributed by atoms with E-state index in [1.54, 1.807) is 0 Å². The highest BCUT2D eigenvalue weighted by Crippen LogP contribution is 2.50. The molecule has 1 unspecified atom stereocenters. The maximum Gasteiger partial charge on any atom is 0.196 e. The Bertz CT molecular complexity index is 3470. The topological polar surface area (TPSA) is 24.5 Å². The number of benzene rings is 11. The van der Waals surface area contributed by atoms with Crippen molar-refractivity contribution in [2.24, 2.45) is 0 Å². The Kier molecular flexibility index (Phi) is 8.57. The van der Waals surface area contributed by atoms with Gasteiger partial charge in [-0.05, 0) is 120 Å². The lowest BCUT2D eigenvalue weighted by atomic mass is 9.93. The van der Waals surface area contributed by atoms with Gasteiger partial charge >= 0.3 is 0 Å². The minimum Gasteiger partial charge on any atom is -0.464 e. The molecule has 0 radical (unpaired) electrons. The SMILES string of the molecule is c1ccc(-c2cccc(N(c3ccc(-c4cc5ccccc5c5ccccc45)cc3)c3ccc4ccc(-c5cc6ccccc6c6c5OC(c5ccccc5)N6)cc4c3)c2)cc1. The summed E-state index contributed by atoms with van der Waals surface area (Å²) in [5, 5.41) is 13.4. The van der Waals surface area contributed by atoms with Crippen LogP contribution in [0, 0.1) is 0 Å². The molecule has 0 bridgehead atoms. The molecular weight excluding hydrogens is 753 g/mol. The van der Waals surface area contributed by atoms with Gasteiger partial charge < -0.3 is 15.0 Å². The summed E-state index contributed by atoms with van der Waals surface area (Å²) >= 11 is 0. The van der Waals surface area contributed by atoms with E-state index >= 15 is 0 Å². The summed E-state index contributed by atoms with van der Waals surface area (Å²) in [5.74, 6) is 0.881. The Morgan fingerprint density at radius 2 is 0.935 bits per heavy atom. The summed E-state index contributed by atoms with van der Waals surface area (Å²) in [6.07, 6.45) is -0.269. The number of anilines is 4. The van der Waals surface area contributed by atoms with E-state index in [4.69, 9.17) is 4.74 Å². The highest BCUT2D eigenvalue weighted by atomic mass is 16.5. The van der Waals surface area contributed by atoms with Gasteiger partial charge in [-0.25, -0.2) is 0 Å². The summed E-state index contributed by atoms with van der Waals surface area (Å²) in [7, 11) is 0. The molecule has 62 heavy (non-hydrogen) atoms. The number of fused-ring (bicyclic) bond motifs is 7. The molecule has 1 aliphatic heterocycles. The molecule has 1 aliphatic rings. The van der Waals surface area contributed by atoms with Crippen LogP contribution in [0.4, 0.5) is 22.7 Å². The van der Waals surface area contributed by atoms with E-state index in [0.717, 1.165) is 56.0 Å². The lowest BCUT2D eigenvalue weighted by Gasteiger charge is -2.27. The van der Waals surface area contributed by atoms with Gasteiger partial charge in [-0.1, -0.05) is 176 Å². The van der Waals surface area contributed by atoms with E-state index in [9.17, 15) is 0 Å². The van der Waals surface area contributed by atoms with Gasteiger partial charge in [0.2, 0.25) is 0 Å². The highest BCUT2D eigenvalue weighted by molar-refractivity contribution is 6.14. The molecule has 0 aliphatic carbocycles. The fourth-order valence-electron chi connectivity index (χ4n) is 9.39. The summed E-state index contributed by atoms with van der Waals surface area (Å²) in [5.41, 5.74) is 12.3. The second kappa shape index (κ2) is 14.8. The van der Waals surface area contributed by atoms with Crippen molar-refractivity contribution in [3.63, 3.8) is 0 Å². The third-order valence-corrected chi connectivity index (χ3v) is 12.4. The van der Waals surface area contributed by atoms with Crippen LogP contribution in [0.5, 0.6) is 5.75 Å². The minimum absolute atomic E-state index is 0.269. The summed E-state index contributed by atoms with van der Waals surface area (Å²) in [6.45, 7) is 0. The Morgan fingerprint density at radius 3 is 1.74 bits per heavy atom. The molecule has 0 saturated carbocycles. The van der Waals surface area contributed by atoms with Crippen LogP contribution in [-0.4, -0.2) is 0 Å². The van der Waals surface area contributed by atoms with E-state index in [1.165, 1.54) is 54.6 Å². The molecule has 0 saturated heterocycles. The average Bonchev–Trinajstić information content (AvgIpc) is 3.81. The first-order valence-corrected chi connectivity index (χ1v) is 21.3. The van der Waals surface area contributed by atoms with Crippen LogP contribution < -0.4 is 15.0 Å². The zero-order valence-corrected chi connectivity index (χ0v) is 33.9. The smallest absolute Gasteiger partial charge is 0.196 e. The molecule has 0 aromatic heterocycles. The Morgan fingerprint density at radius 1 is 0.339 bits per heavy atom. The molecule has 12 rings (SSSR count). The van der Waals surface area contributed by atoms with Gasteiger partial charge in [0.15, 0.2) is 12.0 Å². The van der Waals surface area contributed by atoms with Crippen LogP contribution in [0.1, 0.15) is 11.8 Å². The Labute approximate surface area is 360 Å². The first-order chi connectivity index (χ1) is 30.7. The van der Waals surface area contributed by atoms with E-state index in [1.807, 2.05) is 6.07 Å². The third kappa shape index (κ3) is 6.22. The summed E-state index contributed by atoms with van der Waals surface area (Å²) in [4.78, 5) is 2.38. The normalized spacial score (nSPS) is 13.3. The van der Waals surface area contributed by atoms with E-state index in [2.05, 4.69) is 235 Å². The standard InChI is InChI=1S/C59H40N2O/c1-3-14-39(15-4-1)43-20-13-21-49(35-43)61(48-31-29-41(30-32-48)55-37-44-18-7-9-22-51(44)53-24-11-12-25-54(53)55)50-33-28-40-26-27-46(34-47(40)36-50)56-38-45-19-8-10-23-52(45)57-58(56)62-59(60-57)42-16-5-2-6-17-42/h1-38,59-60H. The molecule has 3 heteroatoms. The summed E-state index contributed by atoms with van der Waals surface area (Å²) in [6, 6.07) is 83.1. The lowest BCUT2D eigenvalue weighted by molar-refractivity contribution is 0.261. The fourth-order valence-corrected chi connectivity index (χ4v) is 9.39. The zero-order valence-electron chi connectivity index (χ0n) is 33.9. The van der Waals surface area contributed by atoms with Crippen molar-refractivity contribution in [3.8, 4) is 39.1 Å². The molecule has 11 aromatic rings. The van der Waals surface area contributed by atoms with E-state index in [0.29, 0.717) is 0 Å². The molecule has 0 fully saturated rings. The second-order valence-electron chi connectivity index (χ2n) is 16.1. The Hall–Kier alpha value is -8.14. The molecule has 1 N–H and O–H groups in total. The molecule has 1 heterocycles. The molecule has 0 amide bonds. The fraction of sp³-hybridized carbons (Fsp3) is 0.0169. The number of ether oxygens (including phenoxy) is 1. The minimum atomic E-state index is -0.269. The predicted octanol–water partition coefficient (Wildman–Crippen LogP) is 16.3. The molecule has 0 spiro atoms. The highest BCUT2D eigenvalue weighted by Gasteiger charge is 2.29. The zero-order chi connectivity index (χ0) is 41.0.